The largest absolute Gasteiger partial charge is 0.322 e. The standard InChI is InChI=1S/C30H31F2N5O2/c1-19(2)17-36(30(39)33-23-11-12-24(31)25(32)15-23)18-29(38)34-28-16-26(22-8-6-5-7-9-22)35-37(28)27-13-10-20(3)14-21(27)4/h5-16,19H,17-18H2,1-4H3,(H,33,39)(H,34,38). The summed E-state index contributed by atoms with van der Waals surface area (Å²) < 4.78 is 28.6. The number of aryl methyl sites for hydroxylation is 2. The summed E-state index contributed by atoms with van der Waals surface area (Å²) in [7, 11) is 0. The molecule has 3 aromatic carbocycles. The molecule has 4 rings (SSSR count). The Morgan fingerprint density at radius 2 is 1.67 bits per heavy atom. The lowest BCUT2D eigenvalue weighted by molar-refractivity contribution is -0.116. The molecule has 0 aliphatic rings. The van der Waals surface area contributed by atoms with Crippen LogP contribution in [0.4, 0.5) is 25.1 Å². The zero-order valence-electron chi connectivity index (χ0n) is 22.3. The lowest BCUT2D eigenvalue weighted by Gasteiger charge is -2.24. The van der Waals surface area contributed by atoms with Crippen molar-refractivity contribution in [2.24, 2.45) is 5.92 Å². The average Bonchev–Trinajstić information content (AvgIpc) is 3.29. The number of carbonyl (C=O) groups excluding carboxylic acids is 2. The number of anilines is 2. The third-order valence-corrected chi connectivity index (χ3v) is 6.00. The number of nitrogens with one attached hydrogen (secondary N) is 2. The molecule has 0 saturated heterocycles. The van der Waals surface area contributed by atoms with Gasteiger partial charge in [-0.05, 0) is 43.5 Å². The van der Waals surface area contributed by atoms with Crippen LogP contribution in [0.2, 0.25) is 0 Å². The van der Waals surface area contributed by atoms with Crippen molar-refractivity contribution < 1.29 is 18.4 Å². The zero-order chi connectivity index (χ0) is 28.1. The van der Waals surface area contributed by atoms with E-state index in [1.165, 1.54) is 11.0 Å². The molecule has 0 spiro atoms. The molecular formula is C30H31F2N5O2. The minimum atomic E-state index is -1.07. The molecule has 2 N–H and O–H groups in total. The second-order valence-electron chi connectivity index (χ2n) is 9.86. The molecule has 0 atom stereocenters. The van der Waals surface area contributed by atoms with Gasteiger partial charge in [0.25, 0.3) is 0 Å². The van der Waals surface area contributed by atoms with Gasteiger partial charge in [-0.1, -0.05) is 61.9 Å². The molecule has 1 aromatic heterocycles. The molecule has 0 unspecified atom stereocenters. The highest BCUT2D eigenvalue weighted by molar-refractivity contribution is 5.97. The van der Waals surface area contributed by atoms with Crippen molar-refractivity contribution in [1.29, 1.82) is 0 Å². The third kappa shape index (κ3) is 6.87. The first-order valence-electron chi connectivity index (χ1n) is 12.6. The number of halogens is 2. The normalized spacial score (nSPS) is 10.9. The molecule has 7 nitrogen and oxygen atoms in total. The number of hydrogen-bond acceptors (Lipinski definition) is 3. The number of urea groups is 1. The van der Waals surface area contributed by atoms with E-state index in [0.717, 1.165) is 34.5 Å². The van der Waals surface area contributed by atoms with Gasteiger partial charge in [0.05, 0.1) is 11.4 Å². The van der Waals surface area contributed by atoms with Crippen molar-refractivity contribution in [2.45, 2.75) is 27.7 Å². The predicted molar refractivity (Wildman–Crippen MR) is 149 cm³/mol. The van der Waals surface area contributed by atoms with Crippen LogP contribution in [-0.4, -0.2) is 39.7 Å². The topological polar surface area (TPSA) is 79.3 Å². The first-order valence-corrected chi connectivity index (χ1v) is 12.6. The number of nitrogens with zero attached hydrogens (tertiary/aromatic N) is 3. The summed E-state index contributed by atoms with van der Waals surface area (Å²) in [6.07, 6.45) is 0. The summed E-state index contributed by atoms with van der Waals surface area (Å²) in [6.45, 7) is 7.83. The Kier molecular flexibility index (Phi) is 8.39. The van der Waals surface area contributed by atoms with Crippen LogP contribution in [0.25, 0.3) is 16.9 Å². The van der Waals surface area contributed by atoms with Crippen LogP contribution in [-0.2, 0) is 4.79 Å². The molecule has 0 saturated carbocycles. The van der Waals surface area contributed by atoms with Crippen molar-refractivity contribution in [3.63, 3.8) is 0 Å². The summed E-state index contributed by atoms with van der Waals surface area (Å²) >= 11 is 0. The molecule has 0 bridgehead atoms. The van der Waals surface area contributed by atoms with Crippen molar-refractivity contribution in [2.75, 3.05) is 23.7 Å². The third-order valence-electron chi connectivity index (χ3n) is 6.00. The van der Waals surface area contributed by atoms with Crippen LogP contribution in [0.5, 0.6) is 0 Å². The van der Waals surface area contributed by atoms with Crippen molar-refractivity contribution in [3.8, 4) is 16.9 Å². The minimum absolute atomic E-state index is 0.0546. The molecule has 1 heterocycles. The Labute approximate surface area is 226 Å². The van der Waals surface area contributed by atoms with Crippen LogP contribution in [0.3, 0.4) is 0 Å². The minimum Gasteiger partial charge on any atom is -0.315 e. The van der Waals surface area contributed by atoms with E-state index in [9.17, 15) is 18.4 Å². The van der Waals surface area contributed by atoms with Crippen molar-refractivity contribution in [1.82, 2.24) is 14.7 Å². The van der Waals surface area contributed by atoms with Gasteiger partial charge in [0.2, 0.25) is 5.91 Å². The summed E-state index contributed by atoms with van der Waals surface area (Å²) in [5, 5.41) is 10.2. The number of aromatic nitrogens is 2. The zero-order valence-corrected chi connectivity index (χ0v) is 22.3. The highest BCUT2D eigenvalue weighted by Crippen LogP contribution is 2.27. The lowest BCUT2D eigenvalue weighted by atomic mass is 10.1. The van der Waals surface area contributed by atoms with Gasteiger partial charge in [0.15, 0.2) is 11.6 Å². The van der Waals surface area contributed by atoms with Gasteiger partial charge in [-0.15, -0.1) is 0 Å². The van der Waals surface area contributed by atoms with Crippen LogP contribution < -0.4 is 10.6 Å². The summed E-state index contributed by atoms with van der Waals surface area (Å²) in [4.78, 5) is 27.6. The van der Waals surface area contributed by atoms with Crippen LogP contribution in [0, 0.1) is 31.4 Å². The number of amides is 3. The first kappa shape index (κ1) is 27.5. The Morgan fingerprint density at radius 1 is 0.923 bits per heavy atom. The Morgan fingerprint density at radius 3 is 2.33 bits per heavy atom. The summed E-state index contributed by atoms with van der Waals surface area (Å²) in [5.74, 6) is -2.01. The van der Waals surface area contributed by atoms with E-state index in [4.69, 9.17) is 5.10 Å². The van der Waals surface area contributed by atoms with Gasteiger partial charge in [-0.3, -0.25) is 4.79 Å². The molecule has 0 fully saturated rings. The maximum absolute atomic E-state index is 13.6. The monoisotopic (exact) mass is 531 g/mol. The Balaban J connectivity index is 1.59. The molecule has 0 aliphatic heterocycles. The van der Waals surface area contributed by atoms with Crippen LogP contribution in [0.15, 0.2) is 72.8 Å². The van der Waals surface area contributed by atoms with Crippen LogP contribution >= 0.6 is 0 Å². The molecule has 4 aromatic rings. The lowest BCUT2D eigenvalue weighted by Crippen LogP contribution is -2.42. The van der Waals surface area contributed by atoms with E-state index < -0.39 is 23.6 Å². The Hall–Kier alpha value is -4.53. The first-order chi connectivity index (χ1) is 18.6. The summed E-state index contributed by atoms with van der Waals surface area (Å²) in [5.41, 5.74) is 4.57. The number of carbonyl (C=O) groups is 2. The second-order valence-corrected chi connectivity index (χ2v) is 9.86. The van der Waals surface area contributed by atoms with E-state index in [1.54, 1.807) is 10.7 Å². The van der Waals surface area contributed by atoms with Crippen molar-refractivity contribution >= 4 is 23.4 Å². The molecule has 39 heavy (non-hydrogen) atoms. The maximum Gasteiger partial charge on any atom is 0.322 e. The van der Waals surface area contributed by atoms with Crippen molar-refractivity contribution in [3.05, 3.63) is 95.6 Å². The maximum atomic E-state index is 13.6. The fourth-order valence-corrected chi connectivity index (χ4v) is 4.24. The average molecular weight is 532 g/mol. The number of hydrogen-bond donors (Lipinski definition) is 2. The highest BCUT2D eigenvalue weighted by atomic mass is 19.2. The molecule has 3 amide bonds. The van der Waals surface area contributed by atoms with E-state index in [0.29, 0.717) is 11.5 Å². The SMILES string of the molecule is Cc1ccc(-n2nc(-c3ccccc3)cc2NC(=O)CN(CC(C)C)C(=O)Nc2ccc(F)c(F)c2)c(C)c1. The number of benzene rings is 3. The van der Waals surface area contributed by atoms with Gasteiger partial charge in [-0.2, -0.15) is 5.10 Å². The van der Waals surface area contributed by atoms with Gasteiger partial charge in [0.1, 0.15) is 12.4 Å². The van der Waals surface area contributed by atoms with E-state index in [1.807, 2.05) is 76.2 Å². The fourth-order valence-electron chi connectivity index (χ4n) is 4.24. The highest BCUT2D eigenvalue weighted by Gasteiger charge is 2.21. The number of rotatable bonds is 8. The molecule has 0 radical (unpaired) electrons. The second kappa shape index (κ2) is 11.9. The van der Waals surface area contributed by atoms with E-state index in [2.05, 4.69) is 10.6 Å². The smallest absolute Gasteiger partial charge is 0.315 e. The molecular weight excluding hydrogens is 500 g/mol. The van der Waals surface area contributed by atoms with Gasteiger partial charge < -0.3 is 15.5 Å². The van der Waals surface area contributed by atoms with E-state index >= 15 is 0 Å². The molecule has 202 valence electrons. The van der Waals surface area contributed by atoms with Crippen LogP contribution in [0.1, 0.15) is 25.0 Å². The Bertz CT molecular complexity index is 1480. The quantitative estimate of drug-likeness (QED) is 0.270. The molecule has 0 aliphatic carbocycles. The van der Waals surface area contributed by atoms with E-state index in [-0.39, 0.29) is 24.7 Å². The van der Waals surface area contributed by atoms with Gasteiger partial charge in [0, 0.05) is 29.9 Å². The van der Waals surface area contributed by atoms with Gasteiger partial charge >= 0.3 is 6.03 Å². The fraction of sp³-hybridized carbons (Fsp3) is 0.233. The summed E-state index contributed by atoms with van der Waals surface area (Å²) in [6, 6.07) is 19.9. The molecule has 9 heteroatoms. The predicted octanol–water partition coefficient (Wildman–Crippen LogP) is 6.56. The van der Waals surface area contributed by atoms with Gasteiger partial charge in [-0.25, -0.2) is 18.3 Å².